The van der Waals surface area contributed by atoms with E-state index in [9.17, 15) is 4.79 Å². The molecule has 1 heterocycles. The van der Waals surface area contributed by atoms with Crippen LogP contribution in [0, 0.1) is 0 Å². The summed E-state index contributed by atoms with van der Waals surface area (Å²) in [6.07, 6.45) is 2.43. The van der Waals surface area contributed by atoms with E-state index in [1.165, 1.54) is 12.8 Å². The number of hydrogen-bond acceptors (Lipinski definition) is 4. The van der Waals surface area contributed by atoms with Crippen LogP contribution in [0.4, 0.5) is 11.4 Å². The smallest absolute Gasteiger partial charge is 0.248 e. The largest absolute Gasteiger partial charge is 0.397 e. The van der Waals surface area contributed by atoms with E-state index in [0.717, 1.165) is 18.8 Å². The lowest BCUT2D eigenvalue weighted by molar-refractivity contribution is 0.100. The fourth-order valence-electron chi connectivity index (χ4n) is 2.33. The first-order valence-corrected chi connectivity index (χ1v) is 6.21. The summed E-state index contributed by atoms with van der Waals surface area (Å²) in [6.45, 7) is 1.98. The summed E-state index contributed by atoms with van der Waals surface area (Å²) < 4.78 is 0. The van der Waals surface area contributed by atoms with Crippen molar-refractivity contribution in [1.29, 1.82) is 0 Å². The lowest BCUT2D eigenvalue weighted by atomic mass is 10.1. The predicted octanol–water partition coefficient (Wildman–Crippen LogP) is 0.874. The molecule has 1 atom stereocenters. The van der Waals surface area contributed by atoms with E-state index in [-0.39, 0.29) is 0 Å². The molecule has 1 aromatic carbocycles. The van der Waals surface area contributed by atoms with Crippen molar-refractivity contribution in [2.75, 3.05) is 31.2 Å². The number of anilines is 2. The van der Waals surface area contributed by atoms with Crippen molar-refractivity contribution in [3.63, 3.8) is 0 Å². The quantitative estimate of drug-likeness (QED) is 0.690. The number of likely N-dealkylation sites (tertiary alicyclic amines) is 1. The van der Waals surface area contributed by atoms with Crippen LogP contribution in [-0.4, -0.2) is 37.0 Å². The normalized spacial score (nSPS) is 19.9. The molecule has 1 amide bonds. The summed E-state index contributed by atoms with van der Waals surface area (Å²) in [5.74, 6) is -0.434. The van der Waals surface area contributed by atoms with Crippen LogP contribution in [0.5, 0.6) is 0 Å². The van der Waals surface area contributed by atoms with E-state index < -0.39 is 5.91 Å². The zero-order chi connectivity index (χ0) is 13.1. The number of primary amides is 1. The number of amides is 1. The minimum atomic E-state index is -0.434. The third-order valence-corrected chi connectivity index (χ3v) is 3.54. The Morgan fingerprint density at radius 2 is 2.33 bits per heavy atom. The Hall–Kier alpha value is -1.75. The van der Waals surface area contributed by atoms with Crippen molar-refractivity contribution < 1.29 is 4.79 Å². The lowest BCUT2D eigenvalue weighted by Crippen LogP contribution is -2.31. The Balaban J connectivity index is 2.04. The van der Waals surface area contributed by atoms with Gasteiger partial charge in [0.15, 0.2) is 0 Å². The summed E-state index contributed by atoms with van der Waals surface area (Å²) in [5.41, 5.74) is 13.0. The highest BCUT2D eigenvalue weighted by atomic mass is 16.1. The van der Waals surface area contributed by atoms with E-state index in [1.54, 1.807) is 18.2 Å². The van der Waals surface area contributed by atoms with Crippen LogP contribution < -0.4 is 16.8 Å². The molecular weight excluding hydrogens is 228 g/mol. The minimum Gasteiger partial charge on any atom is -0.397 e. The maximum Gasteiger partial charge on any atom is 0.248 e. The van der Waals surface area contributed by atoms with Gasteiger partial charge >= 0.3 is 0 Å². The minimum absolute atomic E-state index is 0.434. The number of rotatable bonds is 4. The molecule has 98 valence electrons. The zero-order valence-electron chi connectivity index (χ0n) is 10.6. The van der Waals surface area contributed by atoms with Crippen LogP contribution in [-0.2, 0) is 0 Å². The van der Waals surface area contributed by atoms with Crippen LogP contribution in [0.25, 0.3) is 0 Å². The number of likely N-dealkylation sites (N-methyl/N-ethyl adjacent to an activating group) is 1. The molecule has 0 aromatic heterocycles. The van der Waals surface area contributed by atoms with Crippen molar-refractivity contribution in [3.05, 3.63) is 23.8 Å². The summed E-state index contributed by atoms with van der Waals surface area (Å²) in [4.78, 5) is 13.5. The molecule has 2 rings (SSSR count). The van der Waals surface area contributed by atoms with Crippen molar-refractivity contribution in [3.8, 4) is 0 Å². The van der Waals surface area contributed by atoms with Gasteiger partial charge in [0.2, 0.25) is 5.91 Å². The van der Waals surface area contributed by atoms with Gasteiger partial charge < -0.3 is 21.7 Å². The Labute approximate surface area is 107 Å². The van der Waals surface area contributed by atoms with Crippen LogP contribution in [0.1, 0.15) is 23.2 Å². The molecule has 1 unspecified atom stereocenters. The Morgan fingerprint density at radius 3 is 2.94 bits per heavy atom. The molecule has 5 nitrogen and oxygen atoms in total. The third kappa shape index (κ3) is 2.73. The molecule has 1 aromatic rings. The Bertz CT molecular complexity index is 447. The molecule has 18 heavy (non-hydrogen) atoms. The highest BCUT2D eigenvalue weighted by Gasteiger charge is 2.20. The number of nitrogen functional groups attached to an aromatic ring is 1. The summed E-state index contributed by atoms with van der Waals surface area (Å²) in [5, 5.41) is 3.31. The van der Waals surface area contributed by atoms with Gasteiger partial charge in [-0.3, -0.25) is 4.79 Å². The first-order valence-electron chi connectivity index (χ1n) is 6.21. The van der Waals surface area contributed by atoms with E-state index in [4.69, 9.17) is 11.5 Å². The van der Waals surface area contributed by atoms with E-state index in [0.29, 0.717) is 17.3 Å². The number of nitrogens with one attached hydrogen (secondary N) is 1. The first-order chi connectivity index (χ1) is 8.58. The maximum absolute atomic E-state index is 11.1. The molecule has 5 heteroatoms. The van der Waals surface area contributed by atoms with Gasteiger partial charge in [0, 0.05) is 18.2 Å². The number of nitrogens with zero attached hydrogens (tertiary/aromatic N) is 1. The number of carbonyl (C=O) groups excluding carboxylic acids is 1. The zero-order valence-corrected chi connectivity index (χ0v) is 10.6. The van der Waals surface area contributed by atoms with Gasteiger partial charge in [0.1, 0.15) is 0 Å². The topological polar surface area (TPSA) is 84.4 Å². The number of benzene rings is 1. The van der Waals surface area contributed by atoms with Gasteiger partial charge in [-0.2, -0.15) is 0 Å². The van der Waals surface area contributed by atoms with Gasteiger partial charge in [0.25, 0.3) is 0 Å². The standard InChI is InChI=1S/C13H20N4O/c1-17-6-2-3-10(17)8-16-12-7-9(13(15)18)4-5-11(12)14/h4-5,7,10,16H,2-3,6,8,14H2,1H3,(H2,15,18). The Morgan fingerprint density at radius 1 is 1.56 bits per heavy atom. The summed E-state index contributed by atoms with van der Waals surface area (Å²) in [7, 11) is 2.13. The Kier molecular flexibility index (Phi) is 3.72. The van der Waals surface area contributed by atoms with E-state index in [1.807, 2.05) is 0 Å². The van der Waals surface area contributed by atoms with Gasteiger partial charge in [-0.15, -0.1) is 0 Å². The second-order valence-electron chi connectivity index (χ2n) is 4.82. The first kappa shape index (κ1) is 12.7. The predicted molar refractivity (Wildman–Crippen MR) is 73.5 cm³/mol. The molecular formula is C13H20N4O. The number of hydrogen-bond donors (Lipinski definition) is 3. The van der Waals surface area contributed by atoms with E-state index in [2.05, 4.69) is 17.3 Å². The lowest BCUT2D eigenvalue weighted by Gasteiger charge is -2.21. The molecule has 0 saturated carbocycles. The van der Waals surface area contributed by atoms with Crippen LogP contribution in [0.3, 0.4) is 0 Å². The fraction of sp³-hybridized carbons (Fsp3) is 0.462. The van der Waals surface area contributed by atoms with Crippen molar-refractivity contribution in [1.82, 2.24) is 4.90 Å². The molecule has 1 saturated heterocycles. The molecule has 5 N–H and O–H groups in total. The van der Waals surface area contributed by atoms with Crippen LogP contribution in [0.2, 0.25) is 0 Å². The van der Waals surface area contributed by atoms with Gasteiger partial charge in [0.05, 0.1) is 11.4 Å². The van der Waals surface area contributed by atoms with Crippen LogP contribution >= 0.6 is 0 Å². The number of carbonyl (C=O) groups is 1. The highest BCUT2D eigenvalue weighted by Crippen LogP contribution is 2.21. The third-order valence-electron chi connectivity index (χ3n) is 3.54. The molecule has 0 bridgehead atoms. The average molecular weight is 248 g/mol. The summed E-state index contributed by atoms with van der Waals surface area (Å²) in [6, 6.07) is 5.60. The highest BCUT2D eigenvalue weighted by molar-refractivity contribution is 5.94. The van der Waals surface area contributed by atoms with Crippen molar-refractivity contribution in [2.24, 2.45) is 5.73 Å². The molecule has 1 fully saturated rings. The van der Waals surface area contributed by atoms with Crippen molar-refractivity contribution >= 4 is 17.3 Å². The maximum atomic E-state index is 11.1. The SMILES string of the molecule is CN1CCCC1CNc1cc(C(N)=O)ccc1N. The molecule has 0 aliphatic carbocycles. The summed E-state index contributed by atoms with van der Waals surface area (Å²) >= 11 is 0. The van der Waals surface area contributed by atoms with Crippen molar-refractivity contribution in [2.45, 2.75) is 18.9 Å². The molecule has 1 aliphatic heterocycles. The molecule has 0 spiro atoms. The van der Waals surface area contributed by atoms with Gasteiger partial charge in [-0.25, -0.2) is 0 Å². The molecule has 0 radical (unpaired) electrons. The number of nitrogens with two attached hydrogens (primary N) is 2. The average Bonchev–Trinajstić information content (AvgIpc) is 2.73. The van der Waals surface area contributed by atoms with Gasteiger partial charge in [-0.05, 0) is 44.6 Å². The fourth-order valence-corrected chi connectivity index (χ4v) is 2.33. The molecule has 1 aliphatic rings. The van der Waals surface area contributed by atoms with Crippen LogP contribution in [0.15, 0.2) is 18.2 Å². The monoisotopic (exact) mass is 248 g/mol. The second kappa shape index (κ2) is 5.27. The van der Waals surface area contributed by atoms with E-state index >= 15 is 0 Å². The second-order valence-corrected chi connectivity index (χ2v) is 4.82. The van der Waals surface area contributed by atoms with Gasteiger partial charge in [-0.1, -0.05) is 0 Å².